The number of amides is 2. The Hall–Kier alpha value is -2.32. The van der Waals surface area contributed by atoms with Crippen LogP contribution in [-0.2, 0) is 0 Å². The Bertz CT molecular complexity index is 795. The molecule has 0 aliphatic carbocycles. The zero-order valence-corrected chi connectivity index (χ0v) is 17.3. The van der Waals surface area contributed by atoms with E-state index in [4.69, 9.17) is 4.74 Å². The van der Waals surface area contributed by atoms with E-state index >= 15 is 0 Å². The van der Waals surface area contributed by atoms with Crippen LogP contribution in [-0.4, -0.2) is 57.3 Å². The van der Waals surface area contributed by atoms with Crippen molar-refractivity contribution in [2.24, 2.45) is 0 Å². The highest BCUT2D eigenvalue weighted by Gasteiger charge is 2.17. The molecular weight excluding hydrogens is 427 g/mol. The van der Waals surface area contributed by atoms with Crippen LogP contribution in [0.15, 0.2) is 46.9 Å². The number of methoxy groups -OCH3 is 1. The second kappa shape index (κ2) is 9.75. The normalized spacial score (nSPS) is 14.6. The van der Waals surface area contributed by atoms with E-state index in [0.717, 1.165) is 38.5 Å². The molecule has 0 aromatic heterocycles. The van der Waals surface area contributed by atoms with Gasteiger partial charge in [0, 0.05) is 49.4 Å². The van der Waals surface area contributed by atoms with Crippen molar-refractivity contribution in [2.75, 3.05) is 56.6 Å². The lowest BCUT2D eigenvalue weighted by atomic mass is 10.2. The van der Waals surface area contributed by atoms with Gasteiger partial charge in [0.05, 0.1) is 12.8 Å². The van der Waals surface area contributed by atoms with Gasteiger partial charge in [0.2, 0.25) is 0 Å². The van der Waals surface area contributed by atoms with E-state index in [0.29, 0.717) is 11.0 Å². The van der Waals surface area contributed by atoms with Crippen LogP contribution in [0.2, 0.25) is 0 Å². The summed E-state index contributed by atoms with van der Waals surface area (Å²) >= 11 is 3.19. The third-order valence-corrected chi connectivity index (χ3v) is 5.20. The predicted molar refractivity (Wildman–Crippen MR) is 113 cm³/mol. The van der Waals surface area contributed by atoms with E-state index in [2.05, 4.69) is 48.5 Å². The maximum atomic E-state index is 13.8. The quantitative estimate of drug-likeness (QED) is 0.706. The first-order valence-corrected chi connectivity index (χ1v) is 9.96. The van der Waals surface area contributed by atoms with Crippen LogP contribution < -0.4 is 20.3 Å². The van der Waals surface area contributed by atoms with Gasteiger partial charge in [-0.15, -0.1) is 0 Å². The number of ether oxygens (including phenoxy) is 1. The molecule has 1 aliphatic rings. The lowest BCUT2D eigenvalue weighted by Gasteiger charge is -2.36. The molecule has 150 valence electrons. The minimum atomic E-state index is -0.473. The average molecular weight is 451 g/mol. The minimum Gasteiger partial charge on any atom is -0.497 e. The van der Waals surface area contributed by atoms with Crippen molar-refractivity contribution in [3.05, 3.63) is 52.8 Å². The highest BCUT2D eigenvalue weighted by Crippen LogP contribution is 2.21. The molecule has 28 heavy (non-hydrogen) atoms. The number of anilines is 2. The number of nitrogens with one attached hydrogen (secondary N) is 2. The highest BCUT2D eigenvalue weighted by molar-refractivity contribution is 9.10. The lowest BCUT2D eigenvalue weighted by Crippen LogP contribution is -2.48. The average Bonchev–Trinajstić information content (AvgIpc) is 2.71. The first-order valence-electron chi connectivity index (χ1n) is 9.16. The van der Waals surface area contributed by atoms with Crippen molar-refractivity contribution in [3.63, 3.8) is 0 Å². The molecule has 8 heteroatoms. The van der Waals surface area contributed by atoms with E-state index in [-0.39, 0.29) is 5.69 Å². The monoisotopic (exact) mass is 450 g/mol. The van der Waals surface area contributed by atoms with Crippen LogP contribution in [0, 0.1) is 5.82 Å². The minimum absolute atomic E-state index is 0.161. The van der Waals surface area contributed by atoms with E-state index in [1.54, 1.807) is 13.2 Å². The number of halogens is 2. The van der Waals surface area contributed by atoms with Gasteiger partial charge in [0.25, 0.3) is 0 Å². The Kier molecular flexibility index (Phi) is 7.11. The molecule has 2 amide bonds. The second-order valence-electron chi connectivity index (χ2n) is 6.53. The van der Waals surface area contributed by atoms with Gasteiger partial charge in [-0.3, -0.25) is 4.90 Å². The summed E-state index contributed by atoms with van der Waals surface area (Å²) in [6.45, 7) is 4.98. The molecule has 2 aromatic carbocycles. The van der Waals surface area contributed by atoms with Crippen LogP contribution >= 0.6 is 15.9 Å². The third-order valence-electron chi connectivity index (χ3n) is 4.70. The first kappa shape index (κ1) is 20.4. The predicted octanol–water partition coefficient (Wildman–Crippen LogP) is 3.54. The molecule has 3 rings (SSSR count). The molecule has 0 bridgehead atoms. The molecule has 0 spiro atoms. The summed E-state index contributed by atoms with van der Waals surface area (Å²) in [6, 6.07) is 12.2. The van der Waals surface area contributed by atoms with Crippen molar-refractivity contribution in [3.8, 4) is 5.75 Å². The summed E-state index contributed by atoms with van der Waals surface area (Å²) in [7, 11) is 1.66. The van der Waals surface area contributed by atoms with Gasteiger partial charge in [-0.2, -0.15) is 0 Å². The summed E-state index contributed by atoms with van der Waals surface area (Å²) in [5.41, 5.74) is 1.35. The highest BCUT2D eigenvalue weighted by atomic mass is 79.9. The van der Waals surface area contributed by atoms with Gasteiger partial charge in [0.1, 0.15) is 11.6 Å². The zero-order valence-electron chi connectivity index (χ0n) is 15.8. The fourth-order valence-electron chi connectivity index (χ4n) is 3.11. The van der Waals surface area contributed by atoms with Crippen molar-refractivity contribution in [2.45, 2.75) is 0 Å². The summed E-state index contributed by atoms with van der Waals surface area (Å²) in [5, 5.41) is 5.31. The van der Waals surface area contributed by atoms with Gasteiger partial charge in [-0.25, -0.2) is 9.18 Å². The van der Waals surface area contributed by atoms with Gasteiger partial charge in [-0.05, 0) is 42.5 Å². The smallest absolute Gasteiger partial charge is 0.319 e. The largest absolute Gasteiger partial charge is 0.497 e. The van der Waals surface area contributed by atoms with E-state index in [1.165, 1.54) is 17.8 Å². The number of urea groups is 1. The fraction of sp³-hybridized carbons (Fsp3) is 0.350. The van der Waals surface area contributed by atoms with Crippen LogP contribution in [0.4, 0.5) is 20.6 Å². The molecule has 1 heterocycles. The second-order valence-corrected chi connectivity index (χ2v) is 7.45. The summed E-state index contributed by atoms with van der Waals surface area (Å²) in [4.78, 5) is 16.6. The number of carbonyl (C=O) groups excluding carboxylic acids is 1. The van der Waals surface area contributed by atoms with Gasteiger partial charge >= 0.3 is 6.03 Å². The summed E-state index contributed by atoms with van der Waals surface area (Å²) in [5.74, 6) is 0.383. The Morgan fingerprint density at radius 2 is 1.86 bits per heavy atom. The van der Waals surface area contributed by atoms with Crippen LogP contribution in [0.25, 0.3) is 0 Å². The number of nitrogens with zero attached hydrogens (tertiary/aromatic N) is 2. The Morgan fingerprint density at radius 3 is 2.50 bits per heavy atom. The summed E-state index contributed by atoms with van der Waals surface area (Å²) < 4.78 is 19.6. The molecule has 2 N–H and O–H groups in total. The summed E-state index contributed by atoms with van der Waals surface area (Å²) in [6.07, 6.45) is 0. The topological polar surface area (TPSA) is 56.8 Å². The van der Waals surface area contributed by atoms with E-state index in [1.807, 2.05) is 12.1 Å². The van der Waals surface area contributed by atoms with Gasteiger partial charge < -0.3 is 20.3 Å². The van der Waals surface area contributed by atoms with Crippen molar-refractivity contribution in [1.82, 2.24) is 10.2 Å². The number of benzene rings is 2. The van der Waals surface area contributed by atoms with Crippen molar-refractivity contribution < 1.29 is 13.9 Å². The molecule has 0 radical (unpaired) electrons. The van der Waals surface area contributed by atoms with Gasteiger partial charge in [-0.1, -0.05) is 15.9 Å². The molecule has 0 saturated carbocycles. The number of carbonyl (C=O) groups is 1. The SMILES string of the molecule is COc1ccc(N2CCN(CCNC(=O)Nc3ccc(Br)cc3F)CC2)cc1. The zero-order chi connectivity index (χ0) is 19.9. The number of hydrogen-bond donors (Lipinski definition) is 2. The Morgan fingerprint density at radius 1 is 1.14 bits per heavy atom. The number of rotatable bonds is 6. The molecule has 1 fully saturated rings. The van der Waals surface area contributed by atoms with E-state index in [9.17, 15) is 9.18 Å². The number of piperazine rings is 1. The van der Waals surface area contributed by atoms with Crippen LogP contribution in [0.3, 0.4) is 0 Å². The molecule has 0 unspecified atom stereocenters. The lowest BCUT2D eigenvalue weighted by molar-refractivity contribution is 0.240. The Balaban J connectivity index is 1.37. The third kappa shape index (κ3) is 5.59. The van der Waals surface area contributed by atoms with Gasteiger partial charge in [0.15, 0.2) is 0 Å². The van der Waals surface area contributed by atoms with Crippen molar-refractivity contribution >= 4 is 33.3 Å². The van der Waals surface area contributed by atoms with Crippen LogP contribution in [0.5, 0.6) is 5.75 Å². The first-order chi connectivity index (χ1) is 13.5. The molecular formula is C20H24BrFN4O2. The molecule has 0 atom stereocenters. The van der Waals surface area contributed by atoms with E-state index < -0.39 is 11.8 Å². The molecule has 2 aromatic rings. The molecule has 1 saturated heterocycles. The molecule has 1 aliphatic heterocycles. The van der Waals surface area contributed by atoms with Crippen LogP contribution in [0.1, 0.15) is 0 Å². The Labute approximate surface area is 172 Å². The standard InChI is InChI=1S/C20H24BrFN4O2/c1-28-17-5-3-16(4-6-17)26-12-10-25(11-13-26)9-8-23-20(27)24-19-7-2-15(21)14-18(19)22/h2-7,14H,8-13H2,1H3,(H2,23,24,27). The maximum Gasteiger partial charge on any atom is 0.319 e. The number of hydrogen-bond acceptors (Lipinski definition) is 4. The van der Waals surface area contributed by atoms with Crippen molar-refractivity contribution in [1.29, 1.82) is 0 Å². The molecule has 6 nitrogen and oxygen atoms in total. The maximum absolute atomic E-state index is 13.8. The fourth-order valence-corrected chi connectivity index (χ4v) is 3.44.